The Bertz CT molecular complexity index is 1120. The lowest BCUT2D eigenvalue weighted by Crippen LogP contribution is -2.03. The molecule has 0 N–H and O–H groups in total. The fourth-order valence-electron chi connectivity index (χ4n) is 3.57. The van der Waals surface area contributed by atoms with Crippen LogP contribution in [0.15, 0.2) is 45.8 Å². The number of rotatable bonds is 6. The Labute approximate surface area is 161 Å². The van der Waals surface area contributed by atoms with Gasteiger partial charge in [-0.05, 0) is 36.3 Å². The van der Waals surface area contributed by atoms with Crippen molar-refractivity contribution in [2.75, 3.05) is 13.7 Å². The Morgan fingerprint density at radius 3 is 2.85 bits per heavy atom. The van der Waals surface area contributed by atoms with E-state index in [0.717, 1.165) is 58.2 Å². The maximum absolute atomic E-state index is 8.81. The number of hydrogen-bond acceptors (Lipinski definition) is 5. The summed E-state index contributed by atoms with van der Waals surface area (Å²) < 4.78 is 7.86. The van der Waals surface area contributed by atoms with Gasteiger partial charge in [-0.15, -0.1) is 5.10 Å². The molecule has 6 nitrogen and oxygen atoms in total. The van der Waals surface area contributed by atoms with Crippen molar-refractivity contribution in [3.8, 4) is 11.8 Å². The van der Waals surface area contributed by atoms with Crippen molar-refractivity contribution >= 4 is 39.1 Å². The summed E-state index contributed by atoms with van der Waals surface area (Å²) in [6, 6.07) is 12.3. The standard InChI is InChI=1S/C20H18ClN5O/c1-27-19-11-14(21)10-18-20(19)15-6-5-13(16-12-23-25-24-16)9-17(15)26(18)8-4-2-3-7-22/h5-6,9-11H,2-4,8,12H2,1H3. The number of unbranched alkanes of at least 4 members (excludes halogenated alkanes) is 2. The van der Waals surface area contributed by atoms with Gasteiger partial charge in [-0.1, -0.05) is 23.7 Å². The molecule has 0 bridgehead atoms. The van der Waals surface area contributed by atoms with Gasteiger partial charge in [0.05, 0.1) is 24.4 Å². The van der Waals surface area contributed by atoms with Gasteiger partial charge in [0.25, 0.3) is 0 Å². The van der Waals surface area contributed by atoms with Crippen LogP contribution in [-0.4, -0.2) is 23.9 Å². The molecule has 2 heterocycles. The molecule has 136 valence electrons. The molecule has 0 aliphatic carbocycles. The van der Waals surface area contributed by atoms with Gasteiger partial charge in [-0.3, -0.25) is 0 Å². The zero-order chi connectivity index (χ0) is 18.8. The van der Waals surface area contributed by atoms with Crippen LogP contribution < -0.4 is 4.74 Å². The van der Waals surface area contributed by atoms with Crippen molar-refractivity contribution in [3.63, 3.8) is 0 Å². The number of hydrogen-bond donors (Lipinski definition) is 0. The monoisotopic (exact) mass is 379 g/mol. The van der Waals surface area contributed by atoms with E-state index in [2.05, 4.69) is 38.2 Å². The molecule has 0 spiro atoms. The first-order valence-electron chi connectivity index (χ1n) is 8.83. The summed E-state index contributed by atoms with van der Waals surface area (Å²) in [4.78, 5) is 0. The van der Waals surface area contributed by atoms with E-state index in [1.807, 2.05) is 18.2 Å². The minimum Gasteiger partial charge on any atom is -0.496 e. The Morgan fingerprint density at radius 1 is 1.22 bits per heavy atom. The highest BCUT2D eigenvalue weighted by atomic mass is 35.5. The zero-order valence-electron chi connectivity index (χ0n) is 14.9. The number of aryl methyl sites for hydroxylation is 1. The first-order valence-corrected chi connectivity index (χ1v) is 9.21. The molecule has 0 saturated heterocycles. The number of methoxy groups -OCH3 is 1. The van der Waals surface area contributed by atoms with Gasteiger partial charge < -0.3 is 9.30 Å². The summed E-state index contributed by atoms with van der Waals surface area (Å²) >= 11 is 6.34. The van der Waals surface area contributed by atoms with Crippen molar-refractivity contribution in [2.24, 2.45) is 15.4 Å². The molecule has 3 aromatic rings. The van der Waals surface area contributed by atoms with Crippen LogP contribution in [0.4, 0.5) is 0 Å². The molecular formula is C20H18ClN5O. The largest absolute Gasteiger partial charge is 0.496 e. The molecule has 0 radical (unpaired) electrons. The third-order valence-electron chi connectivity index (χ3n) is 4.82. The highest BCUT2D eigenvalue weighted by molar-refractivity contribution is 6.32. The number of nitriles is 1. The number of benzene rings is 2. The quantitative estimate of drug-likeness (QED) is 0.543. The SMILES string of the molecule is COc1cc(Cl)cc2c1c1ccc(C3=NN=NC3)cc1n2CCCCC#N. The van der Waals surface area contributed by atoms with Crippen LogP contribution in [0.1, 0.15) is 24.8 Å². The molecule has 0 unspecified atom stereocenters. The van der Waals surface area contributed by atoms with Crippen LogP contribution in [-0.2, 0) is 6.54 Å². The van der Waals surface area contributed by atoms with Crippen molar-refractivity contribution in [1.29, 1.82) is 5.26 Å². The first kappa shape index (κ1) is 17.5. The lowest BCUT2D eigenvalue weighted by atomic mass is 10.1. The van der Waals surface area contributed by atoms with E-state index < -0.39 is 0 Å². The van der Waals surface area contributed by atoms with Gasteiger partial charge in [0.1, 0.15) is 12.3 Å². The predicted octanol–water partition coefficient (Wildman–Crippen LogP) is 5.32. The summed E-state index contributed by atoms with van der Waals surface area (Å²) in [5, 5.41) is 23.4. The lowest BCUT2D eigenvalue weighted by Gasteiger charge is -2.08. The van der Waals surface area contributed by atoms with Crippen LogP contribution in [0, 0.1) is 11.3 Å². The van der Waals surface area contributed by atoms with Gasteiger partial charge in [0, 0.05) is 39.8 Å². The van der Waals surface area contributed by atoms with Crippen molar-refractivity contribution < 1.29 is 4.74 Å². The third-order valence-corrected chi connectivity index (χ3v) is 5.04. The maximum Gasteiger partial charge on any atom is 0.130 e. The van der Waals surface area contributed by atoms with Crippen molar-refractivity contribution in [1.82, 2.24) is 4.57 Å². The fourth-order valence-corrected chi connectivity index (χ4v) is 3.77. The predicted molar refractivity (Wildman–Crippen MR) is 107 cm³/mol. The highest BCUT2D eigenvalue weighted by Crippen LogP contribution is 2.38. The molecule has 0 amide bonds. The topological polar surface area (TPSA) is 75.0 Å². The molecule has 0 fully saturated rings. The van der Waals surface area contributed by atoms with Gasteiger partial charge in [0.15, 0.2) is 0 Å². The minimum atomic E-state index is 0.503. The first-order chi connectivity index (χ1) is 13.2. The average molecular weight is 380 g/mol. The summed E-state index contributed by atoms with van der Waals surface area (Å²) in [7, 11) is 1.66. The van der Waals surface area contributed by atoms with Crippen molar-refractivity contribution in [3.05, 3.63) is 40.9 Å². The number of fused-ring (bicyclic) bond motifs is 3. The van der Waals surface area contributed by atoms with Crippen LogP contribution in [0.5, 0.6) is 5.75 Å². The second kappa shape index (κ2) is 7.37. The van der Waals surface area contributed by atoms with Gasteiger partial charge in [0.2, 0.25) is 0 Å². The van der Waals surface area contributed by atoms with Gasteiger partial charge >= 0.3 is 0 Å². The highest BCUT2D eigenvalue weighted by Gasteiger charge is 2.17. The Kier molecular flexibility index (Phi) is 4.78. The minimum absolute atomic E-state index is 0.503. The van der Waals surface area contributed by atoms with E-state index in [0.29, 0.717) is 18.0 Å². The summed E-state index contributed by atoms with van der Waals surface area (Å²) in [5.41, 5.74) is 4.00. The molecule has 4 rings (SSSR count). The number of halogens is 1. The lowest BCUT2D eigenvalue weighted by molar-refractivity contribution is 0.420. The molecule has 1 aliphatic heterocycles. The summed E-state index contributed by atoms with van der Waals surface area (Å²) in [6.45, 7) is 1.30. The normalized spacial score (nSPS) is 13.3. The number of aromatic nitrogens is 1. The Balaban J connectivity index is 1.91. The maximum atomic E-state index is 8.81. The van der Waals surface area contributed by atoms with E-state index >= 15 is 0 Å². The molecule has 7 heteroatoms. The Morgan fingerprint density at radius 2 is 2.11 bits per heavy atom. The molecule has 1 aliphatic rings. The molecule has 1 aromatic heterocycles. The van der Waals surface area contributed by atoms with Gasteiger partial charge in [-0.25, -0.2) is 0 Å². The van der Waals surface area contributed by atoms with Crippen LogP contribution in [0.3, 0.4) is 0 Å². The molecule has 2 aromatic carbocycles. The third kappa shape index (κ3) is 3.15. The van der Waals surface area contributed by atoms with Crippen LogP contribution >= 0.6 is 11.6 Å². The molecule has 27 heavy (non-hydrogen) atoms. The average Bonchev–Trinajstić information content (AvgIpc) is 3.31. The number of ether oxygens (including phenoxy) is 1. The molecule has 0 saturated carbocycles. The zero-order valence-corrected chi connectivity index (χ0v) is 15.7. The second-order valence-electron chi connectivity index (χ2n) is 6.44. The molecular weight excluding hydrogens is 362 g/mol. The van der Waals surface area contributed by atoms with E-state index in [4.69, 9.17) is 21.6 Å². The van der Waals surface area contributed by atoms with E-state index in [1.165, 1.54) is 0 Å². The Hall–Kier alpha value is -2.91. The fraction of sp³-hybridized carbons (Fsp3) is 0.300. The van der Waals surface area contributed by atoms with Crippen LogP contribution in [0.2, 0.25) is 5.02 Å². The number of nitrogens with zero attached hydrogens (tertiary/aromatic N) is 5. The summed E-state index contributed by atoms with van der Waals surface area (Å²) in [6.07, 6.45) is 2.34. The summed E-state index contributed by atoms with van der Waals surface area (Å²) in [5.74, 6) is 0.759. The smallest absolute Gasteiger partial charge is 0.130 e. The van der Waals surface area contributed by atoms with E-state index in [9.17, 15) is 0 Å². The van der Waals surface area contributed by atoms with E-state index in [1.54, 1.807) is 7.11 Å². The molecule has 0 atom stereocenters. The van der Waals surface area contributed by atoms with E-state index in [-0.39, 0.29) is 0 Å². The second-order valence-corrected chi connectivity index (χ2v) is 6.87. The van der Waals surface area contributed by atoms with Crippen molar-refractivity contribution in [2.45, 2.75) is 25.8 Å². The van der Waals surface area contributed by atoms with Gasteiger partial charge in [-0.2, -0.15) is 10.4 Å². The van der Waals surface area contributed by atoms with Crippen LogP contribution in [0.25, 0.3) is 21.8 Å².